The average Bonchev–Trinajstić information content (AvgIpc) is 3.29. The molecule has 1 saturated heterocycles. The molecular weight excluding hydrogens is 351 g/mol. The molecule has 7 heteroatoms. The van der Waals surface area contributed by atoms with Crippen LogP contribution in [0.15, 0.2) is 28.8 Å². The van der Waals surface area contributed by atoms with Crippen LogP contribution in [-0.4, -0.2) is 36.3 Å². The summed E-state index contributed by atoms with van der Waals surface area (Å²) in [5, 5.41) is 11.5. The molecule has 2 fully saturated rings. The Hall–Kier alpha value is -2.02. The predicted octanol–water partition coefficient (Wildman–Crippen LogP) is 3.40. The minimum atomic E-state index is -0.577. The molecule has 26 heavy (non-hydrogen) atoms. The molecule has 0 bridgehead atoms. The third-order valence-electron chi connectivity index (χ3n) is 5.73. The molecule has 1 aliphatic carbocycles. The number of rotatable bonds is 3. The third kappa shape index (κ3) is 2.69. The minimum Gasteiger partial charge on any atom is -0.345 e. The number of halogens is 1. The van der Waals surface area contributed by atoms with Gasteiger partial charge in [0, 0.05) is 28.3 Å². The number of amides is 1. The SMILES string of the molecule is CC1=CC(c2ccc([C@@]3(C)NC(=N)N(C)C(=O)[C@H]3C3CC3)s2)CN=C1F. The van der Waals surface area contributed by atoms with Crippen molar-refractivity contribution in [3.63, 3.8) is 0 Å². The predicted molar refractivity (Wildman–Crippen MR) is 101 cm³/mol. The number of carbonyl (C=O) groups is 1. The lowest BCUT2D eigenvalue weighted by Gasteiger charge is -2.45. The van der Waals surface area contributed by atoms with Crippen LogP contribution in [0.25, 0.3) is 0 Å². The van der Waals surface area contributed by atoms with Crippen molar-refractivity contribution in [2.75, 3.05) is 13.6 Å². The molecule has 3 aliphatic rings. The van der Waals surface area contributed by atoms with Gasteiger partial charge in [0.15, 0.2) is 5.96 Å². The van der Waals surface area contributed by atoms with Gasteiger partial charge in [-0.3, -0.25) is 20.1 Å². The summed E-state index contributed by atoms with van der Waals surface area (Å²) >= 11 is 1.64. The van der Waals surface area contributed by atoms with Crippen molar-refractivity contribution in [2.45, 2.75) is 38.1 Å². The van der Waals surface area contributed by atoms with E-state index in [-0.39, 0.29) is 29.7 Å². The molecule has 2 N–H and O–H groups in total. The monoisotopic (exact) mass is 374 g/mol. The lowest BCUT2D eigenvalue weighted by molar-refractivity contribution is -0.136. The van der Waals surface area contributed by atoms with Crippen LogP contribution >= 0.6 is 11.3 Å². The highest BCUT2D eigenvalue weighted by Gasteiger charge is 2.54. The zero-order valence-corrected chi connectivity index (χ0v) is 16.0. The van der Waals surface area contributed by atoms with E-state index in [0.29, 0.717) is 18.0 Å². The summed E-state index contributed by atoms with van der Waals surface area (Å²) in [6.07, 6.45) is 4.05. The number of nitrogens with zero attached hydrogens (tertiary/aromatic N) is 2. The third-order valence-corrected chi connectivity index (χ3v) is 7.19. The van der Waals surface area contributed by atoms with Crippen LogP contribution < -0.4 is 5.32 Å². The maximum atomic E-state index is 13.5. The first-order chi connectivity index (χ1) is 12.3. The van der Waals surface area contributed by atoms with Crippen LogP contribution in [0.3, 0.4) is 0 Å². The van der Waals surface area contributed by atoms with Gasteiger partial charge in [0.05, 0.1) is 18.0 Å². The van der Waals surface area contributed by atoms with Crippen molar-refractivity contribution < 1.29 is 9.18 Å². The van der Waals surface area contributed by atoms with Crippen LogP contribution in [0.1, 0.15) is 42.4 Å². The second kappa shape index (κ2) is 6.01. The summed E-state index contributed by atoms with van der Waals surface area (Å²) in [5.41, 5.74) is -0.000164. The molecular formula is C19H23FN4OS. The van der Waals surface area contributed by atoms with E-state index in [2.05, 4.69) is 16.4 Å². The molecule has 0 radical (unpaired) electrons. The van der Waals surface area contributed by atoms with Gasteiger partial charge in [-0.15, -0.1) is 11.3 Å². The number of nitrogens with one attached hydrogen (secondary N) is 2. The molecule has 1 amide bonds. The molecule has 5 nitrogen and oxygen atoms in total. The number of hydrogen-bond donors (Lipinski definition) is 2. The second-order valence-electron chi connectivity index (χ2n) is 7.68. The number of aliphatic imine (C=N–C) groups is 1. The zero-order valence-electron chi connectivity index (χ0n) is 15.2. The van der Waals surface area contributed by atoms with Gasteiger partial charge in [-0.1, -0.05) is 6.08 Å². The summed E-state index contributed by atoms with van der Waals surface area (Å²) in [7, 11) is 1.66. The maximum absolute atomic E-state index is 13.5. The summed E-state index contributed by atoms with van der Waals surface area (Å²) < 4.78 is 13.5. The van der Waals surface area contributed by atoms with E-state index < -0.39 is 5.54 Å². The molecule has 3 atom stereocenters. The molecule has 1 saturated carbocycles. The molecule has 138 valence electrons. The van der Waals surface area contributed by atoms with E-state index >= 15 is 0 Å². The number of carbonyl (C=O) groups excluding carboxylic acids is 1. The lowest BCUT2D eigenvalue weighted by Crippen LogP contribution is -2.64. The Morgan fingerprint density at radius 3 is 2.81 bits per heavy atom. The van der Waals surface area contributed by atoms with E-state index in [0.717, 1.165) is 22.6 Å². The van der Waals surface area contributed by atoms with Gasteiger partial charge in [0.1, 0.15) is 0 Å². The molecule has 4 rings (SSSR count). The molecule has 2 aliphatic heterocycles. The first-order valence-electron chi connectivity index (χ1n) is 8.94. The Labute approximate surface area is 156 Å². The number of allylic oxidation sites excluding steroid dienone is 1. The second-order valence-corrected chi connectivity index (χ2v) is 8.79. The average molecular weight is 374 g/mol. The summed E-state index contributed by atoms with van der Waals surface area (Å²) in [4.78, 5) is 20.4. The molecule has 1 unspecified atom stereocenters. The van der Waals surface area contributed by atoms with Gasteiger partial charge < -0.3 is 5.32 Å². The van der Waals surface area contributed by atoms with Crippen molar-refractivity contribution >= 4 is 29.2 Å². The Morgan fingerprint density at radius 2 is 2.15 bits per heavy atom. The quantitative estimate of drug-likeness (QED) is 0.851. The van der Waals surface area contributed by atoms with Crippen molar-refractivity contribution in [3.05, 3.63) is 33.5 Å². The highest BCUT2D eigenvalue weighted by molar-refractivity contribution is 7.12. The smallest absolute Gasteiger partial charge is 0.235 e. The fourth-order valence-electron chi connectivity index (χ4n) is 4.02. The first-order valence-corrected chi connectivity index (χ1v) is 9.76. The van der Waals surface area contributed by atoms with Gasteiger partial charge in [-0.2, -0.15) is 4.39 Å². The number of guanidine groups is 1. The number of thiophene rings is 1. The molecule has 1 aromatic heterocycles. The largest absolute Gasteiger partial charge is 0.345 e. The van der Waals surface area contributed by atoms with Crippen molar-refractivity contribution in [1.29, 1.82) is 5.41 Å². The van der Waals surface area contributed by atoms with Crippen molar-refractivity contribution in [3.8, 4) is 0 Å². The molecule has 3 heterocycles. The Kier molecular flexibility index (Phi) is 4.02. The van der Waals surface area contributed by atoms with Crippen LogP contribution in [0.5, 0.6) is 0 Å². The lowest BCUT2D eigenvalue weighted by atomic mass is 9.78. The van der Waals surface area contributed by atoms with Gasteiger partial charge >= 0.3 is 0 Å². The van der Waals surface area contributed by atoms with Crippen LogP contribution in [0.4, 0.5) is 4.39 Å². The van der Waals surface area contributed by atoms with E-state index in [1.807, 2.05) is 19.1 Å². The van der Waals surface area contributed by atoms with E-state index in [1.54, 1.807) is 25.3 Å². The number of hydrogen-bond acceptors (Lipinski definition) is 4. The zero-order chi connectivity index (χ0) is 18.6. The van der Waals surface area contributed by atoms with Gasteiger partial charge in [-0.05, 0) is 44.7 Å². The molecule has 0 spiro atoms. The highest BCUT2D eigenvalue weighted by atomic mass is 32.1. The summed E-state index contributed by atoms with van der Waals surface area (Å²) in [6, 6.07) is 4.10. The minimum absolute atomic E-state index is 0.0220. The topological polar surface area (TPSA) is 68.6 Å². The fraction of sp³-hybridized carbons (Fsp3) is 0.526. The first kappa shape index (κ1) is 17.4. The van der Waals surface area contributed by atoms with E-state index in [1.165, 1.54) is 4.90 Å². The number of dihydropyridines is 1. The van der Waals surface area contributed by atoms with Gasteiger partial charge in [0.25, 0.3) is 0 Å². The van der Waals surface area contributed by atoms with Gasteiger partial charge in [-0.25, -0.2) is 0 Å². The van der Waals surface area contributed by atoms with Crippen LogP contribution in [0.2, 0.25) is 0 Å². The van der Waals surface area contributed by atoms with E-state index in [9.17, 15) is 9.18 Å². The fourth-order valence-corrected chi connectivity index (χ4v) is 5.23. The molecule has 1 aromatic rings. The normalized spacial score (nSPS) is 32.2. The summed E-state index contributed by atoms with van der Waals surface area (Å²) in [5.74, 6) is 0.0643. The summed E-state index contributed by atoms with van der Waals surface area (Å²) in [6.45, 7) is 4.18. The van der Waals surface area contributed by atoms with Gasteiger partial charge in [0.2, 0.25) is 11.9 Å². The molecule has 0 aromatic carbocycles. The van der Waals surface area contributed by atoms with Crippen molar-refractivity contribution in [2.24, 2.45) is 16.8 Å². The van der Waals surface area contributed by atoms with E-state index in [4.69, 9.17) is 5.41 Å². The Balaban J connectivity index is 1.67. The Morgan fingerprint density at radius 1 is 1.42 bits per heavy atom. The maximum Gasteiger partial charge on any atom is 0.235 e. The van der Waals surface area contributed by atoms with Crippen LogP contribution in [0, 0.1) is 17.2 Å². The Bertz CT molecular complexity index is 840. The van der Waals surface area contributed by atoms with Crippen molar-refractivity contribution in [1.82, 2.24) is 10.2 Å². The van der Waals surface area contributed by atoms with Crippen LogP contribution in [-0.2, 0) is 10.3 Å². The highest BCUT2D eigenvalue weighted by Crippen LogP contribution is 2.50. The standard InChI is InChI=1S/C19H23FN4OS/c1-10-8-12(9-22-16(10)20)13-6-7-14(26-13)19(2)15(11-4-5-11)17(25)24(3)18(21)23-19/h6-8,11-12,15H,4-5,9H2,1-3H3,(H2,21,23)/t12?,15-,19-/m1/s1.